The second-order valence-electron chi connectivity index (χ2n) is 3.74. The van der Waals surface area contributed by atoms with Crippen LogP contribution in [0.5, 0.6) is 5.75 Å². The van der Waals surface area contributed by atoms with Gasteiger partial charge in [-0.1, -0.05) is 17.7 Å². The zero-order valence-corrected chi connectivity index (χ0v) is 9.33. The highest BCUT2D eigenvalue weighted by Crippen LogP contribution is 2.15. The number of aryl methyl sites for hydroxylation is 1. The first-order valence-electron chi connectivity index (χ1n) is 5.28. The molecule has 0 fully saturated rings. The van der Waals surface area contributed by atoms with Gasteiger partial charge in [-0.3, -0.25) is 0 Å². The van der Waals surface area contributed by atoms with Gasteiger partial charge in [-0.2, -0.15) is 0 Å². The van der Waals surface area contributed by atoms with Crippen LogP contribution in [0.4, 0.5) is 0 Å². The topological polar surface area (TPSA) is 35.2 Å². The molecule has 0 saturated carbocycles. The van der Waals surface area contributed by atoms with Gasteiger partial charge in [0.2, 0.25) is 0 Å². The van der Waals surface area contributed by atoms with Crippen molar-refractivity contribution in [3.8, 4) is 5.75 Å². The predicted octanol–water partition coefficient (Wildman–Crippen LogP) is 2.53. The van der Waals surface area contributed by atoms with E-state index >= 15 is 0 Å². The van der Waals surface area contributed by atoms with E-state index < -0.39 is 0 Å². The van der Waals surface area contributed by atoms with E-state index in [0.29, 0.717) is 13.2 Å². The fourth-order valence-corrected chi connectivity index (χ4v) is 1.33. The highest BCUT2D eigenvalue weighted by Gasteiger charge is 1.97. The van der Waals surface area contributed by atoms with E-state index in [-0.39, 0.29) is 0 Å². The van der Waals surface area contributed by atoms with Crippen LogP contribution in [-0.4, -0.2) is 13.2 Å². The highest BCUT2D eigenvalue weighted by molar-refractivity contribution is 5.28. The Morgan fingerprint density at radius 2 is 2.27 bits per heavy atom. The molecule has 0 bridgehead atoms. The number of hydrogen-bond donors (Lipinski definition) is 1. The van der Waals surface area contributed by atoms with Crippen molar-refractivity contribution < 1.29 is 4.74 Å². The number of rotatable bonds is 6. The maximum atomic E-state index is 5.46. The van der Waals surface area contributed by atoms with E-state index in [1.807, 2.05) is 12.1 Å². The van der Waals surface area contributed by atoms with Crippen molar-refractivity contribution >= 4 is 0 Å². The third-order valence-corrected chi connectivity index (χ3v) is 2.13. The van der Waals surface area contributed by atoms with Crippen molar-refractivity contribution in [1.82, 2.24) is 0 Å². The van der Waals surface area contributed by atoms with E-state index in [1.165, 1.54) is 11.1 Å². The molecular weight excluding hydrogens is 186 g/mol. The minimum atomic E-state index is 0.552. The summed E-state index contributed by atoms with van der Waals surface area (Å²) >= 11 is 0. The zero-order valence-electron chi connectivity index (χ0n) is 9.33. The maximum absolute atomic E-state index is 5.46. The summed E-state index contributed by atoms with van der Waals surface area (Å²) in [6, 6.07) is 8.15. The first kappa shape index (κ1) is 11.8. The van der Waals surface area contributed by atoms with Gasteiger partial charge in [0.15, 0.2) is 0 Å². The standard InChI is InChI=1S/C13H19NO/c1-11(2)6-7-12-4-3-5-13(10-12)15-9-8-14/h3-5,10H,1,6-9,14H2,2H3. The molecule has 2 N–H and O–H groups in total. The fraction of sp³-hybridized carbons (Fsp3) is 0.385. The van der Waals surface area contributed by atoms with E-state index in [4.69, 9.17) is 10.5 Å². The molecule has 82 valence electrons. The van der Waals surface area contributed by atoms with Crippen LogP contribution in [0.15, 0.2) is 36.4 Å². The van der Waals surface area contributed by atoms with Crippen molar-refractivity contribution in [2.75, 3.05) is 13.2 Å². The van der Waals surface area contributed by atoms with E-state index in [9.17, 15) is 0 Å². The molecule has 2 heteroatoms. The Balaban J connectivity index is 2.53. The lowest BCUT2D eigenvalue weighted by atomic mass is 10.1. The van der Waals surface area contributed by atoms with Crippen LogP contribution in [0.3, 0.4) is 0 Å². The van der Waals surface area contributed by atoms with Gasteiger partial charge in [0.25, 0.3) is 0 Å². The summed E-state index contributed by atoms with van der Waals surface area (Å²) in [5.74, 6) is 0.902. The lowest BCUT2D eigenvalue weighted by molar-refractivity contribution is 0.328. The van der Waals surface area contributed by atoms with Gasteiger partial charge in [0.05, 0.1) is 0 Å². The number of hydrogen-bond acceptors (Lipinski definition) is 2. The number of ether oxygens (including phenoxy) is 1. The largest absolute Gasteiger partial charge is 0.492 e. The second kappa shape index (κ2) is 6.25. The molecule has 1 aromatic carbocycles. The lowest BCUT2D eigenvalue weighted by Gasteiger charge is -2.06. The Kier molecular flexibility index (Phi) is 4.91. The Hall–Kier alpha value is -1.28. The maximum Gasteiger partial charge on any atom is 0.119 e. The third-order valence-electron chi connectivity index (χ3n) is 2.13. The van der Waals surface area contributed by atoms with Gasteiger partial charge in [-0.25, -0.2) is 0 Å². The molecule has 2 nitrogen and oxygen atoms in total. The smallest absolute Gasteiger partial charge is 0.119 e. The summed E-state index contributed by atoms with van der Waals surface area (Å²) in [6.07, 6.45) is 2.05. The normalized spacial score (nSPS) is 10.0. The summed E-state index contributed by atoms with van der Waals surface area (Å²) in [4.78, 5) is 0. The minimum Gasteiger partial charge on any atom is -0.492 e. The SMILES string of the molecule is C=C(C)CCc1cccc(OCCN)c1. The molecule has 0 amide bonds. The monoisotopic (exact) mass is 205 g/mol. The van der Waals surface area contributed by atoms with Crippen LogP contribution in [0.25, 0.3) is 0 Å². The minimum absolute atomic E-state index is 0.552. The van der Waals surface area contributed by atoms with Gasteiger partial charge >= 0.3 is 0 Å². The molecular formula is C13H19NO. The van der Waals surface area contributed by atoms with Crippen LogP contribution >= 0.6 is 0 Å². The molecule has 1 aromatic rings. The fourth-order valence-electron chi connectivity index (χ4n) is 1.33. The summed E-state index contributed by atoms with van der Waals surface area (Å²) in [6.45, 7) is 7.07. The molecule has 0 spiro atoms. The molecule has 0 aromatic heterocycles. The van der Waals surface area contributed by atoms with Crippen molar-refractivity contribution in [3.05, 3.63) is 42.0 Å². The van der Waals surface area contributed by atoms with Crippen LogP contribution < -0.4 is 10.5 Å². The van der Waals surface area contributed by atoms with E-state index in [1.54, 1.807) is 0 Å². The molecule has 0 saturated heterocycles. The lowest BCUT2D eigenvalue weighted by Crippen LogP contribution is -2.10. The second-order valence-corrected chi connectivity index (χ2v) is 3.74. The molecule has 0 radical (unpaired) electrons. The van der Waals surface area contributed by atoms with Crippen LogP contribution in [-0.2, 0) is 6.42 Å². The quantitative estimate of drug-likeness (QED) is 0.724. The number of nitrogens with two attached hydrogens (primary N) is 1. The Bertz CT molecular complexity index is 320. The summed E-state index contributed by atoms with van der Waals surface area (Å²) in [5, 5.41) is 0. The number of benzene rings is 1. The molecule has 0 unspecified atom stereocenters. The Labute approximate surface area is 91.7 Å². The van der Waals surface area contributed by atoms with E-state index in [0.717, 1.165) is 18.6 Å². The van der Waals surface area contributed by atoms with Crippen LogP contribution in [0.1, 0.15) is 18.9 Å². The highest BCUT2D eigenvalue weighted by atomic mass is 16.5. The zero-order chi connectivity index (χ0) is 11.1. The first-order chi connectivity index (χ1) is 7.22. The summed E-state index contributed by atoms with van der Waals surface area (Å²) in [5.41, 5.74) is 7.87. The van der Waals surface area contributed by atoms with Gasteiger partial charge < -0.3 is 10.5 Å². The summed E-state index contributed by atoms with van der Waals surface area (Å²) in [7, 11) is 0. The first-order valence-corrected chi connectivity index (χ1v) is 5.28. The van der Waals surface area contributed by atoms with Crippen LogP contribution in [0.2, 0.25) is 0 Å². The molecule has 0 atom stereocenters. The third kappa shape index (κ3) is 4.66. The molecule has 0 aliphatic carbocycles. The summed E-state index contributed by atoms with van der Waals surface area (Å²) < 4.78 is 5.46. The van der Waals surface area contributed by atoms with Gasteiger partial charge in [-0.15, -0.1) is 6.58 Å². The van der Waals surface area contributed by atoms with Crippen molar-refractivity contribution in [1.29, 1.82) is 0 Å². The van der Waals surface area contributed by atoms with Crippen molar-refractivity contribution in [2.45, 2.75) is 19.8 Å². The van der Waals surface area contributed by atoms with Crippen molar-refractivity contribution in [3.63, 3.8) is 0 Å². The molecule has 0 heterocycles. The number of allylic oxidation sites excluding steroid dienone is 1. The van der Waals surface area contributed by atoms with Gasteiger partial charge in [-0.05, 0) is 37.5 Å². The average molecular weight is 205 g/mol. The van der Waals surface area contributed by atoms with Crippen LogP contribution in [0, 0.1) is 0 Å². The molecule has 0 aliphatic heterocycles. The molecule has 15 heavy (non-hydrogen) atoms. The van der Waals surface area contributed by atoms with Crippen molar-refractivity contribution in [2.24, 2.45) is 5.73 Å². The Morgan fingerprint density at radius 1 is 1.47 bits per heavy atom. The van der Waals surface area contributed by atoms with Gasteiger partial charge in [0.1, 0.15) is 12.4 Å². The molecule has 1 rings (SSSR count). The average Bonchev–Trinajstić information content (AvgIpc) is 2.24. The van der Waals surface area contributed by atoms with E-state index in [2.05, 4.69) is 25.6 Å². The molecule has 0 aliphatic rings. The Morgan fingerprint density at radius 3 is 2.93 bits per heavy atom. The predicted molar refractivity (Wildman–Crippen MR) is 64.1 cm³/mol. The van der Waals surface area contributed by atoms with Gasteiger partial charge in [0, 0.05) is 6.54 Å².